The Bertz CT molecular complexity index is 1040. The van der Waals surface area contributed by atoms with Crippen molar-refractivity contribution in [2.45, 2.75) is 52.6 Å². The number of carbonyl (C=O) groups excluding carboxylic acids is 1. The van der Waals surface area contributed by atoms with E-state index in [0.29, 0.717) is 30.4 Å². The highest BCUT2D eigenvalue weighted by Gasteiger charge is 2.26. The maximum absolute atomic E-state index is 13.2. The van der Waals surface area contributed by atoms with E-state index in [-0.39, 0.29) is 23.4 Å². The number of rotatable bonds is 4. The molecule has 8 nitrogen and oxygen atoms in total. The zero-order valence-electron chi connectivity index (χ0n) is 17.9. The number of carbonyl (C=O) groups is 1. The third-order valence-electron chi connectivity index (χ3n) is 5.81. The van der Waals surface area contributed by atoms with E-state index in [1.165, 1.54) is 0 Å². The van der Waals surface area contributed by atoms with Crippen LogP contribution in [-0.2, 0) is 0 Å². The van der Waals surface area contributed by atoms with Gasteiger partial charge in [-0.1, -0.05) is 20.8 Å². The summed E-state index contributed by atoms with van der Waals surface area (Å²) in [6.07, 6.45) is 5.28. The van der Waals surface area contributed by atoms with E-state index in [9.17, 15) is 4.79 Å². The number of aromatic nitrogens is 4. The summed E-state index contributed by atoms with van der Waals surface area (Å²) in [6, 6.07) is 2.09. The zero-order chi connectivity index (χ0) is 21.5. The van der Waals surface area contributed by atoms with Gasteiger partial charge in [-0.3, -0.25) is 4.79 Å². The van der Waals surface area contributed by atoms with Gasteiger partial charge in [-0.05, 0) is 25.2 Å². The van der Waals surface area contributed by atoms with Crippen LogP contribution in [0.2, 0.25) is 0 Å². The third kappa shape index (κ3) is 4.17. The number of nitrogens with zero attached hydrogens (tertiary/aromatic N) is 5. The van der Waals surface area contributed by atoms with Gasteiger partial charge in [0.05, 0.1) is 11.8 Å². The number of piperidine rings is 1. The number of hydrogen-bond donors (Lipinski definition) is 2. The average Bonchev–Trinajstić information content (AvgIpc) is 3.30. The molecule has 30 heavy (non-hydrogen) atoms. The highest BCUT2D eigenvalue weighted by Crippen LogP contribution is 2.28. The summed E-state index contributed by atoms with van der Waals surface area (Å²) in [4.78, 5) is 25.4. The summed E-state index contributed by atoms with van der Waals surface area (Å²) in [5.41, 5.74) is 7.27. The molecule has 3 aromatic heterocycles. The second kappa shape index (κ2) is 7.96. The largest absolute Gasteiger partial charge is 0.367 e. The van der Waals surface area contributed by atoms with E-state index in [0.717, 1.165) is 23.2 Å². The lowest BCUT2D eigenvalue weighted by molar-refractivity contribution is 0.0709. The lowest BCUT2D eigenvalue weighted by Gasteiger charge is -2.30. The molecule has 0 saturated carbocycles. The second-order valence-electron chi connectivity index (χ2n) is 9.03. The Hall–Kier alpha value is -2.52. The molecule has 0 radical (unpaired) electrons. The Morgan fingerprint density at radius 3 is 2.73 bits per heavy atom. The number of hydrogen-bond acceptors (Lipinski definition) is 7. The molecule has 4 heterocycles. The minimum Gasteiger partial charge on any atom is -0.367 e. The van der Waals surface area contributed by atoms with Crippen molar-refractivity contribution in [3.8, 4) is 11.4 Å². The number of amides is 1. The van der Waals surface area contributed by atoms with Crippen molar-refractivity contribution in [3.05, 3.63) is 29.5 Å². The van der Waals surface area contributed by atoms with E-state index < -0.39 is 0 Å². The molecule has 3 aromatic rings. The summed E-state index contributed by atoms with van der Waals surface area (Å²) >= 11 is 1.57. The molecular weight excluding hydrogens is 398 g/mol. The minimum absolute atomic E-state index is 0.0387. The van der Waals surface area contributed by atoms with Gasteiger partial charge in [0.2, 0.25) is 0 Å². The summed E-state index contributed by atoms with van der Waals surface area (Å²) in [7, 11) is 0. The predicted octanol–water partition coefficient (Wildman–Crippen LogP) is 3.26. The van der Waals surface area contributed by atoms with E-state index in [1.807, 2.05) is 16.5 Å². The van der Waals surface area contributed by atoms with Crippen LogP contribution < -0.4 is 11.1 Å². The van der Waals surface area contributed by atoms with Gasteiger partial charge >= 0.3 is 0 Å². The number of likely N-dealkylation sites (tertiary alicyclic amines) is 1. The molecule has 4 rings (SSSR count). The van der Waals surface area contributed by atoms with Gasteiger partial charge < -0.3 is 16.0 Å². The molecule has 0 aliphatic carbocycles. The predicted molar refractivity (Wildman–Crippen MR) is 120 cm³/mol. The molecule has 0 aromatic carbocycles. The maximum atomic E-state index is 13.2. The Labute approximate surface area is 180 Å². The van der Waals surface area contributed by atoms with E-state index >= 15 is 0 Å². The van der Waals surface area contributed by atoms with Crippen molar-refractivity contribution >= 4 is 27.9 Å². The van der Waals surface area contributed by atoms with Crippen LogP contribution in [0.4, 0.5) is 5.82 Å². The van der Waals surface area contributed by atoms with Crippen LogP contribution in [0.15, 0.2) is 23.8 Å². The quantitative estimate of drug-likeness (QED) is 0.663. The van der Waals surface area contributed by atoms with Gasteiger partial charge in [-0.25, -0.2) is 14.5 Å². The van der Waals surface area contributed by atoms with Crippen LogP contribution >= 0.6 is 11.3 Å². The fraction of sp³-hybridized carbons (Fsp3) is 0.524. The lowest BCUT2D eigenvalue weighted by atomic mass is 9.88. The third-order valence-corrected chi connectivity index (χ3v) is 6.70. The molecule has 1 aliphatic rings. The fourth-order valence-electron chi connectivity index (χ4n) is 3.33. The van der Waals surface area contributed by atoms with Crippen LogP contribution in [0.25, 0.3) is 16.2 Å². The summed E-state index contributed by atoms with van der Waals surface area (Å²) in [5, 5.41) is 9.81. The number of nitrogens with one attached hydrogen (secondary N) is 1. The molecule has 160 valence electrons. The first-order valence-corrected chi connectivity index (χ1v) is 11.2. The standard InChI is InChI=1S/C21H29N7OS/c1-13(21(2,3)4)24-17-11-16(19(29)27-7-5-14(22)6-8-27)25-18(26-17)15-12-23-28-9-10-30-20(15)28/h9-14H,5-8,22H2,1-4H3,(H,24,25,26)/t13-/m1/s1. The van der Waals surface area contributed by atoms with Crippen molar-refractivity contribution in [2.75, 3.05) is 18.4 Å². The number of thiazole rings is 1. The first-order chi connectivity index (χ1) is 14.2. The highest BCUT2D eigenvalue weighted by molar-refractivity contribution is 7.16. The Morgan fingerprint density at radius 1 is 1.30 bits per heavy atom. The Kier molecular flexibility index (Phi) is 5.50. The zero-order valence-corrected chi connectivity index (χ0v) is 18.7. The second-order valence-corrected chi connectivity index (χ2v) is 9.93. The first-order valence-electron chi connectivity index (χ1n) is 10.3. The number of anilines is 1. The highest BCUT2D eigenvalue weighted by atomic mass is 32.1. The Morgan fingerprint density at radius 2 is 2.03 bits per heavy atom. The topological polar surface area (TPSA) is 101 Å². The summed E-state index contributed by atoms with van der Waals surface area (Å²) < 4.78 is 1.80. The molecule has 1 amide bonds. The van der Waals surface area contributed by atoms with Crippen molar-refractivity contribution < 1.29 is 4.79 Å². The maximum Gasteiger partial charge on any atom is 0.272 e. The lowest BCUT2D eigenvalue weighted by Crippen LogP contribution is -2.43. The summed E-state index contributed by atoms with van der Waals surface area (Å²) in [6.45, 7) is 9.94. The molecule has 1 fully saturated rings. The van der Waals surface area contributed by atoms with Crippen molar-refractivity contribution in [3.63, 3.8) is 0 Å². The van der Waals surface area contributed by atoms with Gasteiger partial charge in [0.1, 0.15) is 16.3 Å². The van der Waals surface area contributed by atoms with E-state index in [1.54, 1.807) is 28.1 Å². The molecule has 1 saturated heterocycles. The van der Waals surface area contributed by atoms with Crippen molar-refractivity contribution in [1.29, 1.82) is 0 Å². The molecular formula is C21H29N7OS. The molecule has 1 atom stereocenters. The Balaban J connectivity index is 1.72. The van der Waals surface area contributed by atoms with Crippen LogP contribution in [0.1, 0.15) is 51.0 Å². The SMILES string of the molecule is C[C@@H](Nc1cc(C(=O)N2CCC(N)CC2)nc(-c2cnn3ccsc23)n1)C(C)(C)C. The van der Waals surface area contributed by atoms with E-state index in [2.05, 4.69) is 43.1 Å². The molecule has 1 aliphatic heterocycles. The molecule has 0 bridgehead atoms. The smallest absolute Gasteiger partial charge is 0.272 e. The molecule has 0 spiro atoms. The fourth-order valence-corrected chi connectivity index (χ4v) is 4.13. The molecule has 0 unspecified atom stereocenters. The van der Waals surface area contributed by atoms with Gasteiger partial charge in [0.25, 0.3) is 5.91 Å². The molecule has 9 heteroatoms. The molecule has 3 N–H and O–H groups in total. The number of fused-ring (bicyclic) bond motifs is 1. The van der Waals surface area contributed by atoms with Gasteiger partial charge in [0.15, 0.2) is 5.82 Å². The summed E-state index contributed by atoms with van der Waals surface area (Å²) in [5.74, 6) is 1.08. The van der Waals surface area contributed by atoms with Crippen molar-refractivity contribution in [1.82, 2.24) is 24.5 Å². The van der Waals surface area contributed by atoms with Gasteiger partial charge in [-0.15, -0.1) is 11.3 Å². The average molecular weight is 428 g/mol. The first kappa shape index (κ1) is 20.7. The van der Waals surface area contributed by atoms with Crippen LogP contribution in [-0.4, -0.2) is 55.6 Å². The number of nitrogens with two attached hydrogens (primary N) is 1. The van der Waals surface area contributed by atoms with Crippen LogP contribution in [0.5, 0.6) is 0 Å². The minimum atomic E-state index is -0.0772. The van der Waals surface area contributed by atoms with Crippen LogP contribution in [0, 0.1) is 5.41 Å². The normalized spacial score (nSPS) is 16.8. The van der Waals surface area contributed by atoms with Gasteiger partial charge in [0, 0.05) is 42.8 Å². The monoisotopic (exact) mass is 427 g/mol. The van der Waals surface area contributed by atoms with Gasteiger partial charge in [-0.2, -0.15) is 5.10 Å². The van der Waals surface area contributed by atoms with E-state index in [4.69, 9.17) is 10.7 Å². The van der Waals surface area contributed by atoms with Crippen molar-refractivity contribution in [2.24, 2.45) is 11.1 Å². The van der Waals surface area contributed by atoms with Crippen LogP contribution in [0.3, 0.4) is 0 Å².